The molecule has 0 saturated carbocycles. The van der Waals surface area contributed by atoms with Crippen LogP contribution >= 0.6 is 11.6 Å². The van der Waals surface area contributed by atoms with Crippen molar-refractivity contribution in [1.29, 1.82) is 0 Å². The van der Waals surface area contributed by atoms with Crippen molar-refractivity contribution in [1.82, 2.24) is 20.1 Å². The lowest BCUT2D eigenvalue weighted by molar-refractivity contribution is 0.0950. The number of aryl methyl sites for hydroxylation is 1. The van der Waals surface area contributed by atoms with E-state index in [2.05, 4.69) is 40.5 Å². The number of hydrogen-bond acceptors (Lipinski definition) is 2. The molecule has 0 aliphatic heterocycles. The van der Waals surface area contributed by atoms with E-state index in [-0.39, 0.29) is 5.91 Å². The number of aromatic amines is 1. The van der Waals surface area contributed by atoms with Crippen LogP contribution in [0, 0.1) is 6.92 Å². The quantitative estimate of drug-likeness (QED) is 0.364. The maximum Gasteiger partial charge on any atom is 0.272 e. The van der Waals surface area contributed by atoms with Crippen molar-refractivity contribution in [3.63, 3.8) is 0 Å². The van der Waals surface area contributed by atoms with Crippen LogP contribution in [-0.2, 0) is 13.0 Å². The van der Waals surface area contributed by atoms with E-state index in [0.29, 0.717) is 23.8 Å². The molecule has 5 rings (SSSR count). The first-order chi connectivity index (χ1) is 15.6. The second kappa shape index (κ2) is 8.52. The molecule has 1 amide bonds. The first-order valence-electron chi connectivity index (χ1n) is 10.6. The Morgan fingerprint density at radius 2 is 1.81 bits per heavy atom. The molecule has 32 heavy (non-hydrogen) atoms. The summed E-state index contributed by atoms with van der Waals surface area (Å²) in [4.78, 5) is 16.3. The van der Waals surface area contributed by atoms with Crippen LogP contribution in [0.5, 0.6) is 0 Å². The molecule has 2 heterocycles. The molecule has 0 saturated heterocycles. The van der Waals surface area contributed by atoms with Gasteiger partial charge in [-0.05, 0) is 48.2 Å². The van der Waals surface area contributed by atoms with Gasteiger partial charge in [-0.1, -0.05) is 60.1 Å². The Kier molecular flexibility index (Phi) is 5.41. The zero-order valence-electron chi connectivity index (χ0n) is 17.7. The lowest BCUT2D eigenvalue weighted by Crippen LogP contribution is -2.26. The summed E-state index contributed by atoms with van der Waals surface area (Å²) < 4.78 is 1.87. The molecule has 0 radical (unpaired) electrons. The van der Waals surface area contributed by atoms with Crippen molar-refractivity contribution in [2.45, 2.75) is 19.9 Å². The zero-order valence-corrected chi connectivity index (χ0v) is 18.5. The number of fused-ring (bicyclic) bond motifs is 2. The van der Waals surface area contributed by atoms with Gasteiger partial charge in [-0.2, -0.15) is 5.10 Å². The summed E-state index contributed by atoms with van der Waals surface area (Å²) in [5.41, 5.74) is 6.02. The van der Waals surface area contributed by atoms with Crippen molar-refractivity contribution >= 4 is 39.3 Å². The summed E-state index contributed by atoms with van der Waals surface area (Å²) in [7, 11) is 0. The molecule has 3 aromatic carbocycles. The molecule has 5 aromatic rings. The highest BCUT2D eigenvalue weighted by molar-refractivity contribution is 6.30. The SMILES string of the molecule is Cc1cccc2c(CCNC(=O)c3nn(Cc4ccc(Cl)cc4)c4ccccc34)c[nH]c12. The van der Waals surface area contributed by atoms with E-state index >= 15 is 0 Å². The molecule has 0 aliphatic carbocycles. The number of carbonyl (C=O) groups is 1. The maximum atomic E-state index is 13.0. The van der Waals surface area contributed by atoms with Crippen molar-refractivity contribution in [2.24, 2.45) is 0 Å². The number of halogens is 1. The molecule has 0 bridgehead atoms. The number of benzene rings is 3. The molecule has 0 atom stereocenters. The van der Waals surface area contributed by atoms with E-state index in [1.54, 1.807) is 0 Å². The van der Waals surface area contributed by atoms with Gasteiger partial charge in [0.15, 0.2) is 5.69 Å². The largest absolute Gasteiger partial charge is 0.361 e. The van der Waals surface area contributed by atoms with Crippen LogP contribution in [0.2, 0.25) is 5.02 Å². The van der Waals surface area contributed by atoms with Crippen LogP contribution in [0.1, 0.15) is 27.2 Å². The van der Waals surface area contributed by atoms with Gasteiger partial charge in [0.1, 0.15) is 0 Å². The predicted molar refractivity (Wildman–Crippen MR) is 129 cm³/mol. The van der Waals surface area contributed by atoms with Gasteiger partial charge in [0.2, 0.25) is 0 Å². The molecule has 0 unspecified atom stereocenters. The Balaban J connectivity index is 1.34. The van der Waals surface area contributed by atoms with Gasteiger partial charge in [0, 0.05) is 34.1 Å². The van der Waals surface area contributed by atoms with Crippen molar-refractivity contribution in [3.05, 3.63) is 100 Å². The minimum Gasteiger partial charge on any atom is -0.361 e. The summed E-state index contributed by atoms with van der Waals surface area (Å²) >= 11 is 6.00. The summed E-state index contributed by atoms with van der Waals surface area (Å²) in [6, 6.07) is 21.8. The Hall–Kier alpha value is -3.57. The van der Waals surface area contributed by atoms with E-state index in [1.165, 1.54) is 16.5 Å². The minimum atomic E-state index is -0.160. The Bertz CT molecular complexity index is 1420. The van der Waals surface area contributed by atoms with Crippen molar-refractivity contribution in [2.75, 3.05) is 6.54 Å². The van der Waals surface area contributed by atoms with Crippen LogP contribution in [0.4, 0.5) is 0 Å². The van der Waals surface area contributed by atoms with Gasteiger partial charge < -0.3 is 10.3 Å². The fourth-order valence-electron chi connectivity index (χ4n) is 4.14. The summed E-state index contributed by atoms with van der Waals surface area (Å²) in [5.74, 6) is -0.160. The highest BCUT2D eigenvalue weighted by Gasteiger charge is 2.17. The molecule has 2 N–H and O–H groups in total. The average molecular weight is 443 g/mol. The average Bonchev–Trinajstić information content (AvgIpc) is 3.38. The molecular formula is C26H23ClN4O. The number of nitrogens with zero attached hydrogens (tertiary/aromatic N) is 2. The third-order valence-electron chi connectivity index (χ3n) is 5.81. The molecule has 160 valence electrons. The van der Waals surface area contributed by atoms with Crippen LogP contribution in [0.3, 0.4) is 0 Å². The smallest absolute Gasteiger partial charge is 0.272 e. The first-order valence-corrected chi connectivity index (χ1v) is 11.0. The Labute approximate surface area is 191 Å². The van der Waals surface area contributed by atoms with Crippen LogP contribution in [0.25, 0.3) is 21.8 Å². The predicted octanol–water partition coefficient (Wildman–Crippen LogP) is 5.50. The normalized spacial score (nSPS) is 11.3. The number of nitrogens with one attached hydrogen (secondary N) is 2. The standard InChI is InChI=1S/C26H23ClN4O/c1-17-5-4-7-21-19(15-29-24(17)21)13-14-28-26(32)25-22-6-2-3-8-23(22)31(30-25)16-18-9-11-20(27)12-10-18/h2-12,15,29H,13-14,16H2,1H3,(H,28,32). The molecule has 6 heteroatoms. The molecule has 5 nitrogen and oxygen atoms in total. The van der Waals surface area contributed by atoms with Crippen LogP contribution in [0.15, 0.2) is 72.9 Å². The fraction of sp³-hybridized carbons (Fsp3) is 0.154. The highest BCUT2D eigenvalue weighted by Crippen LogP contribution is 2.22. The number of hydrogen-bond donors (Lipinski definition) is 2. The summed E-state index contributed by atoms with van der Waals surface area (Å²) in [6.07, 6.45) is 2.78. The van der Waals surface area contributed by atoms with E-state index < -0.39 is 0 Å². The number of aromatic nitrogens is 3. The Morgan fingerprint density at radius 3 is 2.66 bits per heavy atom. The third kappa shape index (κ3) is 3.87. The van der Waals surface area contributed by atoms with Crippen LogP contribution in [-0.4, -0.2) is 27.2 Å². The van der Waals surface area contributed by atoms with Gasteiger partial charge in [-0.25, -0.2) is 0 Å². The monoisotopic (exact) mass is 442 g/mol. The lowest BCUT2D eigenvalue weighted by Gasteiger charge is -2.04. The van der Waals surface area contributed by atoms with E-state index in [4.69, 9.17) is 11.6 Å². The van der Waals surface area contributed by atoms with Crippen molar-refractivity contribution in [3.8, 4) is 0 Å². The van der Waals surface area contributed by atoms with E-state index in [0.717, 1.165) is 28.4 Å². The molecule has 0 spiro atoms. The Morgan fingerprint density at radius 1 is 1.03 bits per heavy atom. The fourth-order valence-corrected chi connectivity index (χ4v) is 4.27. The van der Waals surface area contributed by atoms with Gasteiger partial charge in [0.25, 0.3) is 5.91 Å². The maximum absolute atomic E-state index is 13.0. The van der Waals surface area contributed by atoms with Gasteiger partial charge in [-0.15, -0.1) is 0 Å². The van der Waals surface area contributed by atoms with Gasteiger partial charge in [-0.3, -0.25) is 9.48 Å². The van der Waals surface area contributed by atoms with E-state index in [1.807, 2.05) is 59.4 Å². The first kappa shape index (κ1) is 20.3. The topological polar surface area (TPSA) is 62.7 Å². The second-order valence-corrected chi connectivity index (χ2v) is 8.40. The van der Waals surface area contributed by atoms with Gasteiger partial charge in [0.05, 0.1) is 12.1 Å². The summed E-state index contributed by atoms with van der Waals surface area (Å²) in [5, 5.41) is 10.4. The molecule has 0 aliphatic rings. The summed E-state index contributed by atoms with van der Waals surface area (Å²) in [6.45, 7) is 3.20. The van der Waals surface area contributed by atoms with Crippen LogP contribution < -0.4 is 5.32 Å². The number of H-pyrrole nitrogens is 1. The highest BCUT2D eigenvalue weighted by atomic mass is 35.5. The van der Waals surface area contributed by atoms with E-state index in [9.17, 15) is 4.79 Å². The minimum absolute atomic E-state index is 0.160. The number of amides is 1. The zero-order chi connectivity index (χ0) is 22.1. The number of para-hydroxylation sites is 2. The second-order valence-electron chi connectivity index (χ2n) is 7.97. The van der Waals surface area contributed by atoms with Gasteiger partial charge >= 0.3 is 0 Å². The number of carbonyl (C=O) groups excluding carboxylic acids is 1. The molecule has 2 aromatic heterocycles. The number of rotatable bonds is 6. The third-order valence-corrected chi connectivity index (χ3v) is 6.06. The van der Waals surface area contributed by atoms with Crippen molar-refractivity contribution < 1.29 is 4.79 Å². The molecular weight excluding hydrogens is 420 g/mol. The lowest BCUT2D eigenvalue weighted by atomic mass is 10.1. The molecule has 0 fully saturated rings.